The third-order valence-electron chi connectivity index (χ3n) is 4.74. The van der Waals surface area contributed by atoms with Crippen LogP contribution in [0.1, 0.15) is 37.8 Å². The molecule has 132 valence electrons. The number of hydrogen-bond acceptors (Lipinski definition) is 3. The summed E-state index contributed by atoms with van der Waals surface area (Å²) in [6.45, 7) is 6.85. The standard InChI is InChI=1S/C21H26N2O2/c1-4-14(2)11-20(24)23-13-17-12-16-9-15(3)10-18(21(16)25-17)19-7-5-6-8-22-19/h5-10,14,17H,4,11-13H2,1-3H3,(H,23,24)/t14-,17+/m0/s1. The van der Waals surface area contributed by atoms with Crippen molar-refractivity contribution < 1.29 is 9.53 Å². The summed E-state index contributed by atoms with van der Waals surface area (Å²) in [7, 11) is 0. The number of rotatable bonds is 6. The van der Waals surface area contributed by atoms with E-state index in [1.165, 1.54) is 11.1 Å². The average Bonchev–Trinajstić information content (AvgIpc) is 3.02. The number of ether oxygens (including phenoxy) is 1. The van der Waals surface area contributed by atoms with E-state index >= 15 is 0 Å². The Bertz CT molecular complexity index is 743. The lowest BCUT2D eigenvalue weighted by atomic mass is 10.0. The molecule has 0 radical (unpaired) electrons. The maximum Gasteiger partial charge on any atom is 0.220 e. The molecule has 1 aromatic heterocycles. The summed E-state index contributed by atoms with van der Waals surface area (Å²) in [5, 5.41) is 3.02. The molecule has 1 aromatic carbocycles. The van der Waals surface area contributed by atoms with Crippen molar-refractivity contribution in [3.8, 4) is 17.0 Å². The molecule has 1 N–H and O–H groups in total. The monoisotopic (exact) mass is 338 g/mol. The van der Waals surface area contributed by atoms with E-state index in [-0.39, 0.29) is 12.0 Å². The summed E-state index contributed by atoms with van der Waals surface area (Å²) >= 11 is 0. The number of nitrogens with one attached hydrogen (secondary N) is 1. The Kier molecular flexibility index (Phi) is 5.37. The van der Waals surface area contributed by atoms with Crippen LogP contribution in [0.4, 0.5) is 0 Å². The normalized spacial score (nSPS) is 16.8. The van der Waals surface area contributed by atoms with Gasteiger partial charge in [0.2, 0.25) is 5.91 Å². The second-order valence-electron chi connectivity index (χ2n) is 6.98. The number of aromatic nitrogens is 1. The maximum atomic E-state index is 12.0. The van der Waals surface area contributed by atoms with Crippen LogP contribution in [-0.2, 0) is 11.2 Å². The summed E-state index contributed by atoms with van der Waals surface area (Å²) in [6.07, 6.45) is 4.20. The summed E-state index contributed by atoms with van der Waals surface area (Å²) < 4.78 is 6.17. The lowest BCUT2D eigenvalue weighted by Gasteiger charge is -2.14. The Hall–Kier alpha value is -2.36. The second kappa shape index (κ2) is 7.68. The highest BCUT2D eigenvalue weighted by Gasteiger charge is 2.27. The number of aryl methyl sites for hydroxylation is 1. The van der Waals surface area contributed by atoms with Gasteiger partial charge in [0, 0.05) is 24.6 Å². The minimum absolute atomic E-state index is 0.0138. The number of amides is 1. The van der Waals surface area contributed by atoms with Crippen LogP contribution < -0.4 is 10.1 Å². The Labute approximate surface area is 149 Å². The van der Waals surface area contributed by atoms with Gasteiger partial charge in [0.1, 0.15) is 11.9 Å². The molecule has 4 heteroatoms. The fraction of sp³-hybridized carbons (Fsp3) is 0.429. The number of benzene rings is 1. The first-order chi connectivity index (χ1) is 12.1. The van der Waals surface area contributed by atoms with E-state index in [4.69, 9.17) is 4.74 Å². The maximum absolute atomic E-state index is 12.0. The molecule has 4 nitrogen and oxygen atoms in total. The predicted octanol–water partition coefficient (Wildman–Crippen LogP) is 3.91. The van der Waals surface area contributed by atoms with Crippen LogP contribution in [0, 0.1) is 12.8 Å². The van der Waals surface area contributed by atoms with Crippen molar-refractivity contribution in [2.45, 2.75) is 46.1 Å². The van der Waals surface area contributed by atoms with Crippen molar-refractivity contribution >= 4 is 5.91 Å². The van der Waals surface area contributed by atoms with Crippen molar-refractivity contribution in [2.75, 3.05) is 6.54 Å². The van der Waals surface area contributed by atoms with E-state index in [9.17, 15) is 4.79 Å². The molecule has 2 atom stereocenters. The van der Waals surface area contributed by atoms with Crippen LogP contribution in [-0.4, -0.2) is 23.5 Å². The molecule has 1 aliphatic heterocycles. The van der Waals surface area contributed by atoms with E-state index < -0.39 is 0 Å². The van der Waals surface area contributed by atoms with Gasteiger partial charge in [-0.3, -0.25) is 9.78 Å². The molecule has 3 rings (SSSR count). The molecule has 0 spiro atoms. The molecule has 0 bridgehead atoms. The molecule has 0 unspecified atom stereocenters. The first kappa shape index (κ1) is 17.5. The van der Waals surface area contributed by atoms with Crippen molar-refractivity contribution in [3.05, 3.63) is 47.7 Å². The number of carbonyl (C=O) groups excluding carboxylic acids is 1. The van der Waals surface area contributed by atoms with Gasteiger partial charge >= 0.3 is 0 Å². The minimum Gasteiger partial charge on any atom is -0.487 e. The highest BCUT2D eigenvalue weighted by Crippen LogP contribution is 2.39. The Morgan fingerprint density at radius 1 is 1.40 bits per heavy atom. The predicted molar refractivity (Wildman–Crippen MR) is 99.6 cm³/mol. The molecule has 0 saturated carbocycles. The molecule has 1 amide bonds. The van der Waals surface area contributed by atoms with Crippen LogP contribution >= 0.6 is 0 Å². The van der Waals surface area contributed by atoms with E-state index in [0.717, 1.165) is 29.8 Å². The van der Waals surface area contributed by atoms with Gasteiger partial charge in [-0.25, -0.2) is 0 Å². The minimum atomic E-state index is -0.0138. The molecule has 25 heavy (non-hydrogen) atoms. The molecule has 0 fully saturated rings. The van der Waals surface area contributed by atoms with Gasteiger partial charge in [0.05, 0.1) is 12.2 Å². The molecule has 2 aromatic rings. The zero-order valence-electron chi connectivity index (χ0n) is 15.2. The Morgan fingerprint density at radius 2 is 2.24 bits per heavy atom. The highest BCUT2D eigenvalue weighted by molar-refractivity contribution is 5.76. The summed E-state index contributed by atoms with van der Waals surface area (Å²) in [5.74, 6) is 1.43. The van der Waals surface area contributed by atoms with Crippen LogP contribution in [0.25, 0.3) is 11.3 Å². The molecule has 1 aliphatic rings. The topological polar surface area (TPSA) is 51.2 Å². The van der Waals surface area contributed by atoms with Gasteiger partial charge in [-0.15, -0.1) is 0 Å². The third-order valence-corrected chi connectivity index (χ3v) is 4.74. The zero-order chi connectivity index (χ0) is 17.8. The Balaban J connectivity index is 1.70. The third kappa shape index (κ3) is 4.19. The quantitative estimate of drug-likeness (QED) is 0.869. The number of pyridine rings is 1. The first-order valence-electron chi connectivity index (χ1n) is 9.05. The van der Waals surface area contributed by atoms with Crippen molar-refractivity contribution in [1.29, 1.82) is 0 Å². The smallest absolute Gasteiger partial charge is 0.220 e. The zero-order valence-corrected chi connectivity index (χ0v) is 15.2. The van der Waals surface area contributed by atoms with Crippen molar-refractivity contribution in [2.24, 2.45) is 5.92 Å². The van der Waals surface area contributed by atoms with Crippen molar-refractivity contribution in [1.82, 2.24) is 10.3 Å². The van der Waals surface area contributed by atoms with Crippen LogP contribution in [0.3, 0.4) is 0 Å². The van der Waals surface area contributed by atoms with Crippen LogP contribution in [0.2, 0.25) is 0 Å². The lowest BCUT2D eigenvalue weighted by Crippen LogP contribution is -2.35. The van der Waals surface area contributed by atoms with Gasteiger partial charge in [-0.2, -0.15) is 0 Å². The van der Waals surface area contributed by atoms with Crippen LogP contribution in [0.5, 0.6) is 5.75 Å². The Morgan fingerprint density at radius 3 is 2.96 bits per heavy atom. The fourth-order valence-electron chi connectivity index (χ4n) is 3.18. The summed E-state index contributed by atoms with van der Waals surface area (Å²) in [6, 6.07) is 10.2. The lowest BCUT2D eigenvalue weighted by molar-refractivity contribution is -0.122. The summed E-state index contributed by atoms with van der Waals surface area (Å²) in [4.78, 5) is 16.5. The largest absolute Gasteiger partial charge is 0.487 e. The van der Waals surface area contributed by atoms with Gasteiger partial charge in [0.25, 0.3) is 0 Å². The van der Waals surface area contributed by atoms with E-state index in [2.05, 4.69) is 43.2 Å². The van der Waals surface area contributed by atoms with Gasteiger partial charge in [-0.1, -0.05) is 32.4 Å². The van der Waals surface area contributed by atoms with Gasteiger partial charge in [-0.05, 0) is 42.2 Å². The number of nitrogens with zero attached hydrogens (tertiary/aromatic N) is 1. The van der Waals surface area contributed by atoms with Crippen molar-refractivity contribution in [3.63, 3.8) is 0 Å². The molecule has 0 aliphatic carbocycles. The number of carbonyl (C=O) groups is 1. The second-order valence-corrected chi connectivity index (χ2v) is 6.98. The molecular weight excluding hydrogens is 312 g/mol. The fourth-order valence-corrected chi connectivity index (χ4v) is 3.18. The first-order valence-corrected chi connectivity index (χ1v) is 9.05. The highest BCUT2D eigenvalue weighted by atomic mass is 16.5. The SMILES string of the molecule is CC[C@H](C)CC(=O)NC[C@H]1Cc2cc(C)cc(-c3ccccn3)c2O1. The average molecular weight is 338 g/mol. The number of hydrogen-bond donors (Lipinski definition) is 1. The van der Waals surface area contributed by atoms with Gasteiger partial charge < -0.3 is 10.1 Å². The van der Waals surface area contributed by atoms with E-state index in [0.29, 0.717) is 18.9 Å². The van der Waals surface area contributed by atoms with Gasteiger partial charge in [0.15, 0.2) is 0 Å². The van der Waals surface area contributed by atoms with E-state index in [1.807, 2.05) is 18.2 Å². The van der Waals surface area contributed by atoms with Crippen LogP contribution in [0.15, 0.2) is 36.5 Å². The number of fused-ring (bicyclic) bond motifs is 1. The molecule has 2 heterocycles. The van der Waals surface area contributed by atoms with E-state index in [1.54, 1.807) is 6.20 Å². The summed E-state index contributed by atoms with van der Waals surface area (Å²) in [5.41, 5.74) is 4.35. The molecule has 0 saturated heterocycles. The molecular formula is C21H26N2O2.